The van der Waals surface area contributed by atoms with Crippen LogP contribution in [0.2, 0.25) is 0 Å². The Morgan fingerprint density at radius 3 is 2.78 bits per heavy atom. The van der Waals surface area contributed by atoms with Crippen LogP contribution >= 0.6 is 24.0 Å². The van der Waals surface area contributed by atoms with Gasteiger partial charge >= 0.3 is 0 Å². The Labute approximate surface area is 159 Å². The van der Waals surface area contributed by atoms with Gasteiger partial charge in [-0.15, -0.1) is 24.0 Å². The Morgan fingerprint density at radius 1 is 1.35 bits per heavy atom. The molecule has 4 unspecified atom stereocenters. The lowest BCUT2D eigenvalue weighted by Crippen LogP contribution is -2.54. The van der Waals surface area contributed by atoms with E-state index < -0.39 is 0 Å². The summed E-state index contributed by atoms with van der Waals surface area (Å²) in [4.78, 5) is 6.91. The Bertz CT molecular complexity index is 367. The van der Waals surface area contributed by atoms with E-state index in [1.807, 2.05) is 7.05 Å². The number of morpholine rings is 1. The van der Waals surface area contributed by atoms with Crippen molar-refractivity contribution in [3.8, 4) is 0 Å². The molecule has 2 fully saturated rings. The Morgan fingerprint density at radius 2 is 2.13 bits per heavy atom. The van der Waals surface area contributed by atoms with Crippen molar-refractivity contribution in [2.45, 2.75) is 64.6 Å². The minimum Gasteiger partial charge on any atom is -0.379 e. The van der Waals surface area contributed by atoms with Gasteiger partial charge in [0.15, 0.2) is 5.96 Å². The number of nitrogens with zero attached hydrogens (tertiary/aromatic N) is 2. The molecule has 4 atom stereocenters. The van der Waals surface area contributed by atoms with Crippen LogP contribution in [0.5, 0.6) is 0 Å². The third kappa shape index (κ3) is 6.74. The number of hydrogen-bond acceptors (Lipinski definition) is 3. The molecule has 2 rings (SSSR count). The molecule has 0 spiro atoms. The van der Waals surface area contributed by atoms with Gasteiger partial charge in [-0.3, -0.25) is 9.89 Å². The number of ether oxygens (including phenoxy) is 1. The Kier molecular flexibility index (Phi) is 9.77. The average molecular weight is 438 g/mol. The van der Waals surface area contributed by atoms with Crippen molar-refractivity contribution in [2.24, 2.45) is 10.9 Å². The molecule has 0 bridgehead atoms. The van der Waals surface area contributed by atoms with E-state index in [9.17, 15) is 0 Å². The maximum Gasteiger partial charge on any atom is 0.191 e. The van der Waals surface area contributed by atoms with Crippen molar-refractivity contribution in [1.29, 1.82) is 0 Å². The van der Waals surface area contributed by atoms with Gasteiger partial charge in [-0.1, -0.05) is 19.8 Å². The van der Waals surface area contributed by atoms with Crippen molar-refractivity contribution in [3.05, 3.63) is 0 Å². The zero-order chi connectivity index (χ0) is 15.9. The van der Waals surface area contributed by atoms with Crippen LogP contribution in [0, 0.1) is 5.92 Å². The zero-order valence-electron chi connectivity index (χ0n) is 15.2. The van der Waals surface area contributed by atoms with E-state index in [0.717, 1.165) is 38.2 Å². The van der Waals surface area contributed by atoms with E-state index in [2.05, 4.69) is 41.3 Å². The second kappa shape index (κ2) is 10.7. The minimum atomic E-state index is 0. The Hall–Kier alpha value is -0.0800. The highest BCUT2D eigenvalue weighted by molar-refractivity contribution is 14.0. The summed E-state index contributed by atoms with van der Waals surface area (Å²) in [5, 5.41) is 7.11. The van der Waals surface area contributed by atoms with Crippen molar-refractivity contribution in [1.82, 2.24) is 15.5 Å². The standard InChI is InChI=1S/C17H34N4O.HI/c1-13-6-5-7-16(10-13)20-17(18-4)19-11-14(2)21-8-9-22-12-15(21)3;/h13-16H,5-12H2,1-4H3,(H2,18,19,20);1H. The summed E-state index contributed by atoms with van der Waals surface area (Å²) < 4.78 is 5.52. The molecule has 0 radical (unpaired) electrons. The van der Waals surface area contributed by atoms with E-state index in [1.54, 1.807) is 0 Å². The number of aliphatic imine (C=N–C) groups is 1. The quantitative estimate of drug-likeness (QED) is 0.402. The fraction of sp³-hybridized carbons (Fsp3) is 0.941. The minimum absolute atomic E-state index is 0. The Balaban J connectivity index is 0.00000264. The van der Waals surface area contributed by atoms with E-state index in [-0.39, 0.29) is 24.0 Å². The molecule has 136 valence electrons. The van der Waals surface area contributed by atoms with Crippen molar-refractivity contribution >= 4 is 29.9 Å². The lowest BCUT2D eigenvalue weighted by Gasteiger charge is -2.38. The maximum absolute atomic E-state index is 5.52. The summed E-state index contributed by atoms with van der Waals surface area (Å²) in [6.45, 7) is 10.5. The second-order valence-electron chi connectivity index (χ2n) is 7.08. The van der Waals surface area contributed by atoms with Gasteiger partial charge in [-0.05, 0) is 32.6 Å². The number of guanidine groups is 1. The molecule has 0 amide bonds. The van der Waals surface area contributed by atoms with Crippen LogP contribution < -0.4 is 10.6 Å². The van der Waals surface area contributed by atoms with Crippen LogP contribution in [0.25, 0.3) is 0 Å². The van der Waals surface area contributed by atoms with Gasteiger partial charge in [-0.25, -0.2) is 0 Å². The van der Waals surface area contributed by atoms with Gasteiger partial charge in [0, 0.05) is 38.3 Å². The smallest absolute Gasteiger partial charge is 0.191 e. The molecule has 1 aliphatic heterocycles. The lowest BCUT2D eigenvalue weighted by atomic mass is 9.87. The molecule has 2 N–H and O–H groups in total. The first-order valence-electron chi connectivity index (χ1n) is 8.90. The highest BCUT2D eigenvalue weighted by Gasteiger charge is 2.24. The SMILES string of the molecule is CN=C(NCC(C)N1CCOCC1C)NC1CCCC(C)C1.I. The first-order chi connectivity index (χ1) is 10.6. The highest BCUT2D eigenvalue weighted by Crippen LogP contribution is 2.23. The van der Waals surface area contributed by atoms with Gasteiger partial charge in [-0.2, -0.15) is 0 Å². The highest BCUT2D eigenvalue weighted by atomic mass is 127. The molecule has 0 aromatic heterocycles. The zero-order valence-corrected chi connectivity index (χ0v) is 17.5. The van der Waals surface area contributed by atoms with Gasteiger partial charge < -0.3 is 15.4 Å². The molecular formula is C17H35IN4O. The largest absolute Gasteiger partial charge is 0.379 e. The fourth-order valence-corrected chi connectivity index (χ4v) is 3.71. The van der Waals surface area contributed by atoms with Gasteiger partial charge in [0.2, 0.25) is 0 Å². The fourth-order valence-electron chi connectivity index (χ4n) is 3.71. The van der Waals surface area contributed by atoms with Crippen LogP contribution in [-0.2, 0) is 4.74 Å². The first-order valence-corrected chi connectivity index (χ1v) is 8.90. The molecule has 6 heteroatoms. The average Bonchev–Trinajstić information content (AvgIpc) is 2.51. The third-order valence-corrected chi connectivity index (χ3v) is 5.05. The molecule has 1 saturated heterocycles. The van der Waals surface area contributed by atoms with Crippen molar-refractivity contribution in [3.63, 3.8) is 0 Å². The summed E-state index contributed by atoms with van der Waals surface area (Å²) in [6.07, 6.45) is 5.23. The topological polar surface area (TPSA) is 48.9 Å². The van der Waals surface area contributed by atoms with Crippen LogP contribution in [-0.4, -0.2) is 62.3 Å². The van der Waals surface area contributed by atoms with Crippen LogP contribution in [0.15, 0.2) is 4.99 Å². The summed E-state index contributed by atoms with van der Waals surface area (Å²) in [6, 6.07) is 1.56. The molecule has 2 aliphatic rings. The van der Waals surface area contributed by atoms with E-state index in [1.165, 1.54) is 25.7 Å². The predicted molar refractivity (Wildman–Crippen MR) is 108 cm³/mol. The van der Waals surface area contributed by atoms with E-state index >= 15 is 0 Å². The second-order valence-corrected chi connectivity index (χ2v) is 7.08. The third-order valence-electron chi connectivity index (χ3n) is 5.05. The monoisotopic (exact) mass is 438 g/mol. The first kappa shape index (κ1) is 21.0. The number of nitrogens with one attached hydrogen (secondary N) is 2. The molecule has 0 aromatic carbocycles. The lowest BCUT2D eigenvalue weighted by molar-refractivity contribution is -0.0174. The van der Waals surface area contributed by atoms with Gasteiger partial charge in [0.1, 0.15) is 0 Å². The van der Waals surface area contributed by atoms with Gasteiger partial charge in [0.05, 0.1) is 13.2 Å². The van der Waals surface area contributed by atoms with Gasteiger partial charge in [0.25, 0.3) is 0 Å². The van der Waals surface area contributed by atoms with Crippen LogP contribution in [0.4, 0.5) is 0 Å². The summed E-state index contributed by atoms with van der Waals surface area (Å²) in [5.74, 6) is 1.78. The molecule has 23 heavy (non-hydrogen) atoms. The van der Waals surface area contributed by atoms with Crippen LogP contribution in [0.3, 0.4) is 0 Å². The number of hydrogen-bond donors (Lipinski definition) is 2. The van der Waals surface area contributed by atoms with E-state index in [4.69, 9.17) is 4.74 Å². The molecular weight excluding hydrogens is 403 g/mol. The van der Waals surface area contributed by atoms with Crippen LogP contribution in [0.1, 0.15) is 46.5 Å². The molecule has 0 aromatic rings. The van der Waals surface area contributed by atoms with Crippen molar-refractivity contribution in [2.75, 3.05) is 33.4 Å². The van der Waals surface area contributed by atoms with Crippen molar-refractivity contribution < 1.29 is 4.74 Å². The molecule has 1 heterocycles. The summed E-state index contributed by atoms with van der Waals surface area (Å²) in [7, 11) is 1.86. The molecule has 1 aliphatic carbocycles. The normalized spacial score (nSPS) is 31.1. The predicted octanol–water partition coefficient (Wildman–Crippen LogP) is 2.46. The maximum atomic E-state index is 5.52. The summed E-state index contributed by atoms with van der Waals surface area (Å²) >= 11 is 0. The molecule has 1 saturated carbocycles. The summed E-state index contributed by atoms with van der Waals surface area (Å²) in [5.41, 5.74) is 0. The van der Waals surface area contributed by atoms with E-state index in [0.29, 0.717) is 18.1 Å². The number of rotatable bonds is 4. The molecule has 5 nitrogen and oxygen atoms in total. The number of halogens is 1.